The average Bonchev–Trinajstić information content (AvgIpc) is 2.61. The second-order valence-electron chi connectivity index (χ2n) is 5.18. The molecule has 0 aliphatic carbocycles. The number of benzene rings is 2. The fourth-order valence-electron chi connectivity index (χ4n) is 1.99. The van der Waals surface area contributed by atoms with Crippen LogP contribution in [0.1, 0.15) is 12.5 Å². The maximum Gasteiger partial charge on any atom is 0.277 e. The normalized spacial score (nSPS) is 11.4. The highest BCUT2D eigenvalue weighted by Gasteiger charge is 2.07. The van der Waals surface area contributed by atoms with E-state index in [4.69, 9.17) is 9.47 Å². The van der Waals surface area contributed by atoms with Crippen molar-refractivity contribution in [1.82, 2.24) is 5.43 Å². The van der Waals surface area contributed by atoms with Gasteiger partial charge in [0.15, 0.2) is 18.1 Å². The van der Waals surface area contributed by atoms with Crippen LogP contribution in [0.3, 0.4) is 0 Å². The first-order valence-electron chi connectivity index (χ1n) is 7.60. The lowest BCUT2D eigenvalue weighted by atomic mass is 10.1. The minimum atomic E-state index is -0.353. The van der Waals surface area contributed by atoms with Gasteiger partial charge < -0.3 is 9.47 Å². The van der Waals surface area contributed by atoms with Crippen LogP contribution in [0, 0.1) is 0 Å². The van der Waals surface area contributed by atoms with Gasteiger partial charge in [-0.15, -0.1) is 0 Å². The summed E-state index contributed by atoms with van der Waals surface area (Å²) in [5, 5.41) is 3.92. The monoisotopic (exact) mass is 402 g/mol. The van der Waals surface area contributed by atoms with Gasteiger partial charge in [-0.1, -0.05) is 52.3 Å². The van der Waals surface area contributed by atoms with Crippen LogP contribution in [0.15, 0.2) is 63.7 Å². The summed E-state index contributed by atoms with van der Waals surface area (Å²) >= 11 is 3.35. The molecular formula is C19H19BrN2O3. The molecule has 2 aromatic rings. The zero-order chi connectivity index (χ0) is 18.1. The SMILES string of the molecule is COc1cc(Br)ccc1OCC(=O)NN=CC(C)=Cc1ccccc1. The first-order chi connectivity index (χ1) is 12.1. The molecule has 0 saturated carbocycles. The second-order valence-corrected chi connectivity index (χ2v) is 6.09. The number of carbonyl (C=O) groups is 1. The van der Waals surface area contributed by atoms with Crippen LogP contribution in [-0.2, 0) is 4.79 Å². The molecule has 2 rings (SSSR count). The molecule has 0 atom stereocenters. The van der Waals surface area contributed by atoms with Crippen LogP contribution < -0.4 is 14.9 Å². The molecule has 0 aliphatic rings. The van der Waals surface area contributed by atoms with Gasteiger partial charge in [-0.2, -0.15) is 5.10 Å². The number of halogens is 1. The third-order valence-corrected chi connectivity index (χ3v) is 3.63. The first kappa shape index (κ1) is 18.7. The van der Waals surface area contributed by atoms with E-state index < -0.39 is 0 Å². The van der Waals surface area contributed by atoms with E-state index in [0.29, 0.717) is 11.5 Å². The van der Waals surface area contributed by atoms with E-state index in [-0.39, 0.29) is 12.5 Å². The molecule has 0 heterocycles. The molecule has 0 saturated heterocycles. The fourth-order valence-corrected chi connectivity index (χ4v) is 2.33. The predicted octanol–water partition coefficient (Wildman–Crippen LogP) is 4.04. The molecule has 5 nitrogen and oxygen atoms in total. The largest absolute Gasteiger partial charge is 0.493 e. The van der Waals surface area contributed by atoms with E-state index in [1.54, 1.807) is 25.5 Å². The Bertz CT molecular complexity index is 773. The van der Waals surface area contributed by atoms with E-state index in [1.807, 2.05) is 49.4 Å². The summed E-state index contributed by atoms with van der Waals surface area (Å²) in [5.74, 6) is 0.686. The number of allylic oxidation sites excluding steroid dienone is 1. The van der Waals surface area contributed by atoms with Gasteiger partial charge in [-0.3, -0.25) is 4.79 Å². The van der Waals surface area contributed by atoms with Gasteiger partial charge in [0.2, 0.25) is 0 Å². The third kappa shape index (κ3) is 6.43. The molecule has 0 bridgehead atoms. The smallest absolute Gasteiger partial charge is 0.277 e. The number of carbonyl (C=O) groups excluding carboxylic acids is 1. The molecule has 25 heavy (non-hydrogen) atoms. The third-order valence-electron chi connectivity index (χ3n) is 3.14. The zero-order valence-electron chi connectivity index (χ0n) is 14.0. The van der Waals surface area contributed by atoms with Gasteiger partial charge in [0.05, 0.1) is 13.3 Å². The Morgan fingerprint density at radius 3 is 2.68 bits per heavy atom. The molecule has 0 aliphatic heterocycles. The second kappa shape index (κ2) is 9.64. The molecule has 0 spiro atoms. The van der Waals surface area contributed by atoms with Crippen molar-refractivity contribution in [2.75, 3.05) is 13.7 Å². The minimum absolute atomic E-state index is 0.156. The van der Waals surface area contributed by atoms with Crippen LogP contribution in [0.4, 0.5) is 0 Å². The number of rotatable bonds is 7. The van der Waals surface area contributed by atoms with Crippen LogP contribution in [-0.4, -0.2) is 25.8 Å². The minimum Gasteiger partial charge on any atom is -0.493 e. The molecule has 0 aromatic heterocycles. The number of methoxy groups -OCH3 is 1. The van der Waals surface area contributed by atoms with Crippen molar-refractivity contribution >= 4 is 34.1 Å². The number of ether oxygens (including phenoxy) is 2. The number of amides is 1. The molecule has 0 radical (unpaired) electrons. The molecule has 0 unspecified atom stereocenters. The van der Waals surface area contributed by atoms with Crippen LogP contribution in [0.5, 0.6) is 11.5 Å². The fraction of sp³-hybridized carbons (Fsp3) is 0.158. The lowest BCUT2D eigenvalue weighted by Gasteiger charge is -2.10. The summed E-state index contributed by atoms with van der Waals surface area (Å²) < 4.78 is 11.5. The summed E-state index contributed by atoms with van der Waals surface area (Å²) in [4.78, 5) is 11.8. The Morgan fingerprint density at radius 1 is 1.20 bits per heavy atom. The number of hydrogen-bond acceptors (Lipinski definition) is 4. The number of nitrogens with one attached hydrogen (secondary N) is 1. The van der Waals surface area contributed by atoms with Crippen LogP contribution in [0.2, 0.25) is 0 Å². The number of hydrazone groups is 1. The Kier molecular flexibility index (Phi) is 7.22. The molecule has 1 amide bonds. The lowest BCUT2D eigenvalue weighted by molar-refractivity contribution is -0.123. The number of nitrogens with zero attached hydrogens (tertiary/aromatic N) is 1. The van der Waals surface area contributed by atoms with E-state index in [1.165, 1.54) is 0 Å². The molecule has 1 N–H and O–H groups in total. The molecule has 2 aromatic carbocycles. The van der Waals surface area contributed by atoms with E-state index in [9.17, 15) is 4.79 Å². The van der Waals surface area contributed by atoms with Crippen molar-refractivity contribution in [2.45, 2.75) is 6.92 Å². The summed E-state index contributed by atoms with van der Waals surface area (Å²) in [6.45, 7) is 1.75. The van der Waals surface area contributed by atoms with Crippen LogP contribution >= 0.6 is 15.9 Å². The van der Waals surface area contributed by atoms with Crippen LogP contribution in [0.25, 0.3) is 6.08 Å². The van der Waals surface area contributed by atoms with Crippen molar-refractivity contribution in [3.8, 4) is 11.5 Å². The van der Waals surface area contributed by atoms with Gasteiger partial charge in [0.25, 0.3) is 5.91 Å². The number of hydrogen-bond donors (Lipinski definition) is 1. The zero-order valence-corrected chi connectivity index (χ0v) is 15.6. The summed E-state index contributed by atoms with van der Waals surface area (Å²) in [7, 11) is 1.54. The highest BCUT2D eigenvalue weighted by Crippen LogP contribution is 2.29. The quantitative estimate of drug-likeness (QED) is 0.561. The molecule has 130 valence electrons. The van der Waals surface area contributed by atoms with Gasteiger partial charge >= 0.3 is 0 Å². The van der Waals surface area contributed by atoms with Crippen molar-refractivity contribution in [3.63, 3.8) is 0 Å². The topological polar surface area (TPSA) is 59.9 Å². The average molecular weight is 403 g/mol. The van der Waals surface area contributed by atoms with Gasteiger partial charge in [0.1, 0.15) is 0 Å². The highest BCUT2D eigenvalue weighted by atomic mass is 79.9. The van der Waals surface area contributed by atoms with E-state index in [2.05, 4.69) is 26.5 Å². The Labute approximate surface area is 155 Å². The predicted molar refractivity (Wildman–Crippen MR) is 103 cm³/mol. The van der Waals surface area contributed by atoms with Gasteiger partial charge in [0, 0.05) is 4.47 Å². The maximum atomic E-state index is 11.8. The van der Waals surface area contributed by atoms with E-state index >= 15 is 0 Å². The Balaban J connectivity index is 1.83. The molecule has 6 heteroatoms. The van der Waals surface area contributed by atoms with Crippen molar-refractivity contribution < 1.29 is 14.3 Å². The maximum absolute atomic E-state index is 11.8. The highest BCUT2D eigenvalue weighted by molar-refractivity contribution is 9.10. The van der Waals surface area contributed by atoms with Crippen molar-refractivity contribution in [3.05, 3.63) is 64.1 Å². The van der Waals surface area contributed by atoms with Gasteiger partial charge in [-0.05, 0) is 36.3 Å². The molecular weight excluding hydrogens is 384 g/mol. The van der Waals surface area contributed by atoms with E-state index in [0.717, 1.165) is 15.6 Å². The summed E-state index contributed by atoms with van der Waals surface area (Å²) in [6.07, 6.45) is 3.56. The summed E-state index contributed by atoms with van der Waals surface area (Å²) in [5.41, 5.74) is 4.42. The van der Waals surface area contributed by atoms with Crippen molar-refractivity contribution in [1.29, 1.82) is 0 Å². The first-order valence-corrected chi connectivity index (χ1v) is 8.39. The van der Waals surface area contributed by atoms with Gasteiger partial charge in [-0.25, -0.2) is 5.43 Å². The van der Waals surface area contributed by atoms with Crippen molar-refractivity contribution in [2.24, 2.45) is 5.10 Å². The summed E-state index contributed by atoms with van der Waals surface area (Å²) in [6, 6.07) is 15.2. The standard InChI is InChI=1S/C19H19BrN2O3/c1-14(10-15-6-4-3-5-7-15)12-21-22-19(23)13-25-17-9-8-16(20)11-18(17)24-2/h3-12H,13H2,1-2H3,(H,22,23). The molecule has 0 fully saturated rings. The Morgan fingerprint density at radius 2 is 1.96 bits per heavy atom. The Hall–Kier alpha value is -2.60. The lowest BCUT2D eigenvalue weighted by Crippen LogP contribution is -2.24.